The van der Waals surface area contributed by atoms with Crippen LogP contribution in [0.2, 0.25) is 0 Å². The number of hydrogen-bond acceptors (Lipinski definition) is 4. The average molecular weight is 311 g/mol. The molecule has 0 amide bonds. The van der Waals surface area contributed by atoms with Gasteiger partial charge in [-0.25, -0.2) is 9.59 Å². The summed E-state index contributed by atoms with van der Waals surface area (Å²) in [7, 11) is 0. The predicted octanol–water partition coefficient (Wildman–Crippen LogP) is 2.32. The van der Waals surface area contributed by atoms with Crippen LogP contribution in [0, 0.1) is 0 Å². The van der Waals surface area contributed by atoms with Gasteiger partial charge in [-0.05, 0) is 17.7 Å². The molecule has 1 fully saturated rings. The Bertz CT molecular complexity index is 496. The zero-order chi connectivity index (χ0) is 13.0. The van der Waals surface area contributed by atoms with Crippen molar-refractivity contribution in [1.29, 1.82) is 0 Å². The smallest absolute Gasteiger partial charge is 0.347 e. The zero-order valence-electron chi connectivity index (χ0n) is 9.47. The highest BCUT2D eigenvalue weighted by atomic mass is 79.9. The molecule has 0 aliphatic carbocycles. The highest BCUT2D eigenvalue weighted by Crippen LogP contribution is 2.17. The lowest BCUT2D eigenvalue weighted by molar-refractivity contribution is -0.156. The molecule has 94 valence electrons. The van der Waals surface area contributed by atoms with Gasteiger partial charge in [0.1, 0.15) is 0 Å². The molecule has 0 N–H and O–H groups in total. The monoisotopic (exact) mass is 310 g/mol. The van der Waals surface area contributed by atoms with Crippen molar-refractivity contribution in [3.63, 3.8) is 0 Å². The van der Waals surface area contributed by atoms with E-state index in [4.69, 9.17) is 9.47 Å². The zero-order valence-corrected chi connectivity index (χ0v) is 11.1. The quantitative estimate of drug-likeness (QED) is 0.635. The van der Waals surface area contributed by atoms with E-state index in [2.05, 4.69) is 15.9 Å². The lowest BCUT2D eigenvalue weighted by atomic mass is 10.2. The van der Waals surface area contributed by atoms with Gasteiger partial charge in [-0.15, -0.1) is 0 Å². The van der Waals surface area contributed by atoms with Crippen molar-refractivity contribution in [2.24, 2.45) is 0 Å². The van der Waals surface area contributed by atoms with Gasteiger partial charge in [0.25, 0.3) is 0 Å². The maximum atomic E-state index is 11.5. The van der Waals surface area contributed by atoms with Crippen LogP contribution in [0.3, 0.4) is 0 Å². The van der Waals surface area contributed by atoms with Gasteiger partial charge in [-0.1, -0.05) is 34.1 Å². The number of halogens is 1. The van der Waals surface area contributed by atoms with Gasteiger partial charge in [0.15, 0.2) is 0 Å². The molecule has 0 radical (unpaired) electrons. The Labute approximate surface area is 113 Å². The van der Waals surface area contributed by atoms with E-state index in [1.807, 2.05) is 24.3 Å². The van der Waals surface area contributed by atoms with Crippen LogP contribution in [0.5, 0.6) is 0 Å². The van der Waals surface area contributed by atoms with Crippen LogP contribution in [0.25, 0.3) is 6.08 Å². The van der Waals surface area contributed by atoms with Crippen LogP contribution >= 0.6 is 15.9 Å². The Balaban J connectivity index is 1.95. The van der Waals surface area contributed by atoms with Crippen molar-refractivity contribution in [2.75, 3.05) is 6.61 Å². The van der Waals surface area contributed by atoms with Crippen LogP contribution in [0.4, 0.5) is 0 Å². The third-order valence-corrected chi connectivity index (χ3v) is 3.17. The van der Waals surface area contributed by atoms with E-state index in [9.17, 15) is 9.59 Å². The SMILES string of the molecule is O=C(/C=C/c1ccccc1Br)O[C@@H]1CCOC1=O. The average Bonchev–Trinajstić information content (AvgIpc) is 2.74. The fourth-order valence-electron chi connectivity index (χ4n) is 1.53. The van der Waals surface area contributed by atoms with E-state index in [1.165, 1.54) is 6.08 Å². The number of carbonyl (C=O) groups is 2. The molecule has 1 aromatic carbocycles. The molecule has 2 rings (SSSR count). The number of ether oxygens (including phenoxy) is 2. The van der Waals surface area contributed by atoms with Crippen molar-refractivity contribution >= 4 is 33.9 Å². The van der Waals surface area contributed by atoms with E-state index in [1.54, 1.807) is 6.08 Å². The summed E-state index contributed by atoms with van der Waals surface area (Å²) in [5.41, 5.74) is 0.864. The van der Waals surface area contributed by atoms with Crippen LogP contribution in [0.15, 0.2) is 34.8 Å². The molecular formula is C13H11BrO4. The molecule has 0 aromatic heterocycles. The molecule has 1 aliphatic rings. The lowest BCUT2D eigenvalue weighted by Crippen LogP contribution is -2.21. The van der Waals surface area contributed by atoms with Crippen molar-refractivity contribution in [3.8, 4) is 0 Å². The van der Waals surface area contributed by atoms with Gasteiger partial charge < -0.3 is 9.47 Å². The molecule has 0 saturated carbocycles. The first kappa shape index (κ1) is 12.8. The minimum absolute atomic E-state index is 0.310. The van der Waals surface area contributed by atoms with Gasteiger partial charge in [0, 0.05) is 17.0 Å². The second kappa shape index (κ2) is 5.82. The molecule has 1 atom stereocenters. The second-order valence-corrected chi connectivity index (χ2v) is 4.59. The van der Waals surface area contributed by atoms with Gasteiger partial charge in [0.05, 0.1) is 6.61 Å². The molecule has 1 saturated heterocycles. The Morgan fingerprint density at radius 1 is 1.44 bits per heavy atom. The third-order valence-electron chi connectivity index (χ3n) is 2.45. The maximum Gasteiger partial charge on any atom is 0.347 e. The van der Waals surface area contributed by atoms with Crippen molar-refractivity contribution in [3.05, 3.63) is 40.4 Å². The van der Waals surface area contributed by atoms with Crippen LogP contribution < -0.4 is 0 Å². The molecule has 5 heteroatoms. The third kappa shape index (κ3) is 3.20. The van der Waals surface area contributed by atoms with Gasteiger partial charge in [-0.2, -0.15) is 0 Å². The Hall–Kier alpha value is -1.62. The van der Waals surface area contributed by atoms with Crippen LogP contribution in [-0.4, -0.2) is 24.6 Å². The first-order valence-electron chi connectivity index (χ1n) is 5.46. The highest BCUT2D eigenvalue weighted by molar-refractivity contribution is 9.10. The second-order valence-electron chi connectivity index (χ2n) is 3.74. The number of esters is 2. The van der Waals surface area contributed by atoms with E-state index >= 15 is 0 Å². The molecule has 18 heavy (non-hydrogen) atoms. The fraction of sp³-hybridized carbons (Fsp3) is 0.231. The molecule has 0 spiro atoms. The van der Waals surface area contributed by atoms with Crippen molar-refractivity contribution in [2.45, 2.75) is 12.5 Å². The Kier molecular flexibility index (Phi) is 4.15. The summed E-state index contributed by atoms with van der Waals surface area (Å²) >= 11 is 3.37. The minimum Gasteiger partial charge on any atom is -0.463 e. The number of rotatable bonds is 3. The van der Waals surface area contributed by atoms with E-state index < -0.39 is 18.0 Å². The summed E-state index contributed by atoms with van der Waals surface area (Å²) in [4.78, 5) is 22.6. The predicted molar refractivity (Wildman–Crippen MR) is 68.6 cm³/mol. The summed E-state index contributed by atoms with van der Waals surface area (Å²) in [5.74, 6) is -1.02. The fourth-order valence-corrected chi connectivity index (χ4v) is 1.95. The Morgan fingerprint density at radius 3 is 2.89 bits per heavy atom. The van der Waals surface area contributed by atoms with Crippen LogP contribution in [-0.2, 0) is 19.1 Å². The van der Waals surface area contributed by atoms with E-state index in [0.29, 0.717) is 13.0 Å². The largest absolute Gasteiger partial charge is 0.463 e. The molecule has 1 aromatic rings. The molecule has 1 heterocycles. The minimum atomic E-state index is -0.763. The number of hydrogen-bond donors (Lipinski definition) is 0. The topological polar surface area (TPSA) is 52.6 Å². The molecule has 0 bridgehead atoms. The van der Waals surface area contributed by atoms with Crippen molar-refractivity contribution in [1.82, 2.24) is 0 Å². The highest BCUT2D eigenvalue weighted by Gasteiger charge is 2.29. The maximum absolute atomic E-state index is 11.5. The normalized spacial score (nSPS) is 18.9. The first-order valence-corrected chi connectivity index (χ1v) is 6.26. The van der Waals surface area contributed by atoms with Gasteiger partial charge in [0.2, 0.25) is 6.10 Å². The summed E-state index contributed by atoms with van der Waals surface area (Å²) in [5, 5.41) is 0. The number of cyclic esters (lactones) is 1. The van der Waals surface area contributed by atoms with Crippen molar-refractivity contribution < 1.29 is 19.1 Å². The van der Waals surface area contributed by atoms with E-state index in [0.717, 1.165) is 10.0 Å². The molecule has 4 nitrogen and oxygen atoms in total. The van der Waals surface area contributed by atoms with E-state index in [-0.39, 0.29) is 0 Å². The standard InChI is InChI=1S/C13H11BrO4/c14-10-4-2-1-3-9(10)5-6-12(15)18-11-7-8-17-13(11)16/h1-6,11H,7-8H2/b6-5+/t11-/m1/s1. The molecular weight excluding hydrogens is 300 g/mol. The number of carbonyl (C=O) groups excluding carboxylic acids is 2. The van der Waals surface area contributed by atoms with Gasteiger partial charge >= 0.3 is 11.9 Å². The summed E-state index contributed by atoms with van der Waals surface area (Å²) in [6.45, 7) is 0.310. The summed E-state index contributed by atoms with van der Waals surface area (Å²) in [6, 6.07) is 7.48. The molecule has 1 aliphatic heterocycles. The number of benzene rings is 1. The summed E-state index contributed by atoms with van der Waals surface area (Å²) < 4.78 is 10.6. The lowest BCUT2D eigenvalue weighted by Gasteiger charge is -2.05. The summed E-state index contributed by atoms with van der Waals surface area (Å²) in [6.07, 6.45) is 2.59. The van der Waals surface area contributed by atoms with Gasteiger partial charge in [-0.3, -0.25) is 0 Å². The molecule has 0 unspecified atom stereocenters. The van der Waals surface area contributed by atoms with Crippen LogP contribution in [0.1, 0.15) is 12.0 Å². The Morgan fingerprint density at radius 2 is 2.22 bits per heavy atom. The first-order chi connectivity index (χ1) is 8.66.